The SMILES string of the molecule is NC(=O)c1nn(C(F)F)cc1Cl. The lowest BCUT2D eigenvalue weighted by Crippen LogP contribution is -2.13. The highest BCUT2D eigenvalue weighted by atomic mass is 35.5. The Balaban J connectivity index is 3.09. The fourth-order valence-corrected chi connectivity index (χ4v) is 0.867. The molecule has 7 heteroatoms. The minimum atomic E-state index is -2.82. The molecule has 0 saturated carbocycles. The minimum Gasteiger partial charge on any atom is -0.364 e. The molecule has 1 aromatic heterocycles. The first-order valence-electron chi connectivity index (χ1n) is 2.85. The van der Waals surface area contributed by atoms with Crippen LogP contribution >= 0.6 is 11.6 Å². The number of primary amides is 1. The predicted octanol–water partition coefficient (Wildman–Crippen LogP) is 1.03. The van der Waals surface area contributed by atoms with Gasteiger partial charge in [-0.2, -0.15) is 13.9 Å². The summed E-state index contributed by atoms with van der Waals surface area (Å²) < 4.78 is 24.1. The highest BCUT2D eigenvalue weighted by Gasteiger charge is 2.15. The number of alkyl halides is 2. The number of hydrogen-bond acceptors (Lipinski definition) is 2. The standard InChI is InChI=1S/C5H4ClF2N3O/c6-2-1-11(5(7)8)10-3(2)4(9)12/h1,5H,(H2,9,12). The second-order valence-corrected chi connectivity index (χ2v) is 2.35. The molecule has 0 fully saturated rings. The molecule has 0 radical (unpaired) electrons. The Bertz CT molecular complexity index is 312. The number of carbonyl (C=O) groups is 1. The molecular formula is C5H4ClF2N3O. The first-order valence-corrected chi connectivity index (χ1v) is 3.22. The van der Waals surface area contributed by atoms with Gasteiger partial charge in [0.25, 0.3) is 5.91 Å². The molecule has 0 atom stereocenters. The van der Waals surface area contributed by atoms with Crippen LogP contribution in [0.25, 0.3) is 0 Å². The summed E-state index contributed by atoms with van der Waals surface area (Å²) in [5, 5.41) is 2.99. The van der Waals surface area contributed by atoms with Gasteiger partial charge in [0.15, 0.2) is 5.69 Å². The maximum atomic E-state index is 11.9. The van der Waals surface area contributed by atoms with E-state index >= 15 is 0 Å². The lowest BCUT2D eigenvalue weighted by atomic mass is 10.4. The molecule has 0 aliphatic heterocycles. The third kappa shape index (κ3) is 1.53. The number of amides is 1. The summed E-state index contributed by atoms with van der Waals surface area (Å²) in [5.74, 6) is -0.931. The van der Waals surface area contributed by atoms with Crippen molar-refractivity contribution in [3.8, 4) is 0 Å². The fraction of sp³-hybridized carbons (Fsp3) is 0.200. The zero-order valence-electron chi connectivity index (χ0n) is 5.67. The first kappa shape index (κ1) is 8.92. The number of halogens is 3. The van der Waals surface area contributed by atoms with Crippen molar-refractivity contribution in [3.05, 3.63) is 16.9 Å². The molecule has 0 unspecified atom stereocenters. The lowest BCUT2D eigenvalue weighted by molar-refractivity contribution is 0.0561. The maximum Gasteiger partial charge on any atom is 0.333 e. The Morgan fingerprint density at radius 3 is 2.58 bits per heavy atom. The van der Waals surface area contributed by atoms with E-state index in [1.165, 1.54) is 0 Å². The molecule has 2 N–H and O–H groups in total. The van der Waals surface area contributed by atoms with Crippen molar-refractivity contribution in [1.29, 1.82) is 0 Å². The smallest absolute Gasteiger partial charge is 0.333 e. The van der Waals surface area contributed by atoms with Crippen LogP contribution in [0.1, 0.15) is 17.0 Å². The zero-order valence-corrected chi connectivity index (χ0v) is 6.42. The normalized spacial score (nSPS) is 10.7. The number of nitrogens with two attached hydrogens (primary N) is 1. The van der Waals surface area contributed by atoms with E-state index in [9.17, 15) is 13.6 Å². The van der Waals surface area contributed by atoms with E-state index in [4.69, 9.17) is 17.3 Å². The third-order valence-corrected chi connectivity index (χ3v) is 1.40. The van der Waals surface area contributed by atoms with Gasteiger partial charge in [0, 0.05) is 0 Å². The number of carbonyl (C=O) groups excluding carboxylic acids is 1. The van der Waals surface area contributed by atoms with Crippen LogP contribution in [-0.2, 0) is 0 Å². The van der Waals surface area contributed by atoms with E-state index in [0.717, 1.165) is 6.20 Å². The van der Waals surface area contributed by atoms with Crippen LogP contribution < -0.4 is 5.73 Å². The average molecular weight is 196 g/mol. The maximum absolute atomic E-state index is 11.9. The van der Waals surface area contributed by atoms with Crippen molar-refractivity contribution in [2.45, 2.75) is 6.55 Å². The third-order valence-electron chi connectivity index (χ3n) is 1.12. The monoisotopic (exact) mass is 195 g/mol. The molecule has 1 heterocycles. The van der Waals surface area contributed by atoms with Crippen LogP contribution in [-0.4, -0.2) is 15.7 Å². The first-order chi connectivity index (χ1) is 5.52. The summed E-state index contributed by atoms with van der Waals surface area (Å²) in [5.41, 5.74) is 4.43. The quantitative estimate of drug-likeness (QED) is 0.766. The number of nitrogens with zero attached hydrogens (tertiary/aromatic N) is 2. The van der Waals surface area contributed by atoms with Crippen molar-refractivity contribution in [2.75, 3.05) is 0 Å². The Kier molecular flexibility index (Phi) is 2.27. The van der Waals surface area contributed by atoms with E-state index in [2.05, 4.69) is 5.10 Å². The Hall–Kier alpha value is -1.17. The second-order valence-electron chi connectivity index (χ2n) is 1.95. The molecule has 0 spiro atoms. The largest absolute Gasteiger partial charge is 0.364 e. The summed E-state index contributed by atoms with van der Waals surface area (Å²) in [7, 11) is 0. The fourth-order valence-electron chi connectivity index (χ4n) is 0.636. The van der Waals surface area contributed by atoms with Crippen LogP contribution in [0, 0.1) is 0 Å². The molecule has 0 bridgehead atoms. The molecule has 0 saturated heterocycles. The highest BCUT2D eigenvalue weighted by Crippen LogP contribution is 2.17. The Morgan fingerprint density at radius 2 is 2.33 bits per heavy atom. The van der Waals surface area contributed by atoms with E-state index in [1.807, 2.05) is 0 Å². The van der Waals surface area contributed by atoms with Crippen molar-refractivity contribution >= 4 is 17.5 Å². The lowest BCUT2D eigenvalue weighted by Gasteiger charge is -1.94. The molecule has 1 rings (SSSR count). The van der Waals surface area contributed by atoms with Gasteiger partial charge in [-0.3, -0.25) is 4.79 Å². The molecule has 0 aliphatic rings. The number of rotatable bonds is 2. The molecule has 0 aliphatic carbocycles. The molecule has 0 aromatic carbocycles. The number of aromatic nitrogens is 2. The minimum absolute atomic E-state index is 0.178. The van der Waals surface area contributed by atoms with E-state index in [0.29, 0.717) is 0 Å². The summed E-state index contributed by atoms with van der Waals surface area (Å²) in [6.07, 6.45) is 0.840. The van der Waals surface area contributed by atoms with Gasteiger partial charge in [-0.25, -0.2) is 4.68 Å². The Labute approximate surface area is 70.9 Å². The van der Waals surface area contributed by atoms with Crippen molar-refractivity contribution < 1.29 is 13.6 Å². The highest BCUT2D eigenvalue weighted by molar-refractivity contribution is 6.33. The molecule has 1 aromatic rings. The summed E-state index contributed by atoms with van der Waals surface area (Å²) in [6.45, 7) is -2.82. The Morgan fingerprint density at radius 1 is 1.75 bits per heavy atom. The van der Waals surface area contributed by atoms with Gasteiger partial charge in [0.05, 0.1) is 11.2 Å². The van der Waals surface area contributed by atoms with Crippen LogP contribution in [0.2, 0.25) is 5.02 Å². The van der Waals surface area contributed by atoms with Crippen LogP contribution in [0.15, 0.2) is 6.20 Å². The van der Waals surface area contributed by atoms with Gasteiger partial charge in [0.1, 0.15) is 0 Å². The van der Waals surface area contributed by atoms with Gasteiger partial charge in [-0.05, 0) is 0 Å². The van der Waals surface area contributed by atoms with Crippen LogP contribution in [0.4, 0.5) is 8.78 Å². The van der Waals surface area contributed by atoms with Crippen molar-refractivity contribution in [1.82, 2.24) is 9.78 Å². The van der Waals surface area contributed by atoms with E-state index in [-0.39, 0.29) is 15.4 Å². The van der Waals surface area contributed by atoms with Gasteiger partial charge < -0.3 is 5.73 Å². The van der Waals surface area contributed by atoms with Gasteiger partial charge in [-0.1, -0.05) is 11.6 Å². The van der Waals surface area contributed by atoms with Gasteiger partial charge in [0.2, 0.25) is 0 Å². The van der Waals surface area contributed by atoms with E-state index < -0.39 is 12.5 Å². The summed E-state index contributed by atoms with van der Waals surface area (Å²) in [6, 6.07) is 0. The molecule has 66 valence electrons. The molecule has 4 nitrogen and oxygen atoms in total. The molecular weight excluding hydrogens is 192 g/mol. The predicted molar refractivity (Wildman–Crippen MR) is 37.0 cm³/mol. The van der Waals surface area contributed by atoms with Gasteiger partial charge in [-0.15, -0.1) is 0 Å². The second kappa shape index (κ2) is 3.06. The van der Waals surface area contributed by atoms with E-state index in [1.54, 1.807) is 0 Å². The topological polar surface area (TPSA) is 60.9 Å². The van der Waals surface area contributed by atoms with Crippen LogP contribution in [0.5, 0.6) is 0 Å². The summed E-state index contributed by atoms with van der Waals surface area (Å²) >= 11 is 5.37. The van der Waals surface area contributed by atoms with Gasteiger partial charge >= 0.3 is 6.55 Å². The zero-order chi connectivity index (χ0) is 9.30. The molecule has 12 heavy (non-hydrogen) atoms. The molecule has 1 amide bonds. The van der Waals surface area contributed by atoms with Crippen molar-refractivity contribution in [2.24, 2.45) is 5.73 Å². The number of hydrogen-bond donors (Lipinski definition) is 1. The summed E-state index contributed by atoms with van der Waals surface area (Å²) in [4.78, 5) is 10.5. The average Bonchev–Trinajstić information content (AvgIpc) is 2.30. The van der Waals surface area contributed by atoms with Crippen molar-refractivity contribution in [3.63, 3.8) is 0 Å². The van der Waals surface area contributed by atoms with Crippen LogP contribution in [0.3, 0.4) is 0 Å².